The zero-order valence-electron chi connectivity index (χ0n) is 19.9. The predicted molar refractivity (Wildman–Crippen MR) is 136 cm³/mol. The number of tetrazole rings is 1. The largest absolute Gasteiger partial charge is 0.477 e. The number of aromatic nitrogens is 6. The molecule has 3 aromatic heterocycles. The molecule has 0 atom stereocenters. The lowest BCUT2D eigenvalue weighted by atomic mass is 9.98. The molecule has 2 aromatic carbocycles. The van der Waals surface area contributed by atoms with Crippen molar-refractivity contribution in [3.63, 3.8) is 0 Å². The van der Waals surface area contributed by atoms with E-state index in [0.29, 0.717) is 29.6 Å². The topological polar surface area (TPSA) is 127 Å². The molecule has 0 radical (unpaired) electrons. The Labute approximate surface area is 206 Å². The van der Waals surface area contributed by atoms with Gasteiger partial charge in [-0.1, -0.05) is 62.4 Å². The average Bonchev–Trinajstić information content (AvgIpc) is 3.44. The molecule has 0 bridgehead atoms. The van der Waals surface area contributed by atoms with Crippen LogP contribution in [0.4, 0.5) is 0 Å². The van der Waals surface area contributed by atoms with Gasteiger partial charge in [0.1, 0.15) is 5.56 Å². The third-order valence-corrected chi connectivity index (χ3v) is 6.27. The fourth-order valence-electron chi connectivity index (χ4n) is 4.43. The summed E-state index contributed by atoms with van der Waals surface area (Å²) in [6.45, 7) is 4.22. The van der Waals surface area contributed by atoms with Gasteiger partial charge >= 0.3 is 5.97 Å². The standard InChI is InChI=1S/C27H24N6O3/c1-3-18-13-24-21(23(4-2)28-18)14-22(27(35)36)26(34)33(24)15-16-9-11-17(12-10-16)19-7-5-6-8-20(19)25-29-31-32-30-25/h5-14H,3-4,15H2,1-2H3,(H,35,36)(H,29,30,31,32). The van der Waals surface area contributed by atoms with E-state index >= 15 is 0 Å². The summed E-state index contributed by atoms with van der Waals surface area (Å²) in [5.41, 5.74) is 5.19. The summed E-state index contributed by atoms with van der Waals surface area (Å²) in [6, 6.07) is 19.0. The van der Waals surface area contributed by atoms with Crippen molar-refractivity contribution in [2.45, 2.75) is 33.2 Å². The summed E-state index contributed by atoms with van der Waals surface area (Å²) in [4.78, 5) is 29.8. The van der Waals surface area contributed by atoms with E-state index in [1.54, 1.807) is 4.57 Å². The molecule has 9 nitrogen and oxygen atoms in total. The van der Waals surface area contributed by atoms with Gasteiger partial charge in [-0.15, -0.1) is 10.2 Å². The monoisotopic (exact) mass is 480 g/mol. The molecule has 0 aliphatic carbocycles. The molecule has 0 aliphatic rings. The van der Waals surface area contributed by atoms with Gasteiger partial charge in [-0.25, -0.2) is 4.79 Å². The fraction of sp³-hybridized carbons (Fsp3) is 0.185. The zero-order valence-corrected chi connectivity index (χ0v) is 19.9. The average molecular weight is 481 g/mol. The van der Waals surface area contributed by atoms with E-state index < -0.39 is 11.5 Å². The quantitative estimate of drug-likeness (QED) is 0.359. The number of nitrogens with one attached hydrogen (secondary N) is 1. The molecule has 0 aliphatic heterocycles. The van der Waals surface area contributed by atoms with E-state index in [2.05, 4.69) is 25.6 Å². The predicted octanol–water partition coefficient (Wildman–Crippen LogP) is 4.11. The van der Waals surface area contributed by atoms with Crippen LogP contribution >= 0.6 is 0 Å². The first-order valence-electron chi connectivity index (χ1n) is 11.7. The number of rotatable bonds is 7. The molecule has 5 rings (SSSR count). The van der Waals surface area contributed by atoms with Crippen molar-refractivity contribution in [2.24, 2.45) is 0 Å². The van der Waals surface area contributed by atoms with Crippen molar-refractivity contribution >= 4 is 16.9 Å². The molecule has 3 heterocycles. The van der Waals surface area contributed by atoms with Crippen LogP contribution in [-0.2, 0) is 19.4 Å². The van der Waals surface area contributed by atoms with Crippen molar-refractivity contribution in [3.8, 4) is 22.5 Å². The highest BCUT2D eigenvalue weighted by atomic mass is 16.4. The number of carboxylic acid groups (broad SMARTS) is 1. The number of carbonyl (C=O) groups is 1. The second kappa shape index (κ2) is 9.53. The first-order valence-corrected chi connectivity index (χ1v) is 11.7. The Morgan fingerprint density at radius 1 is 1.00 bits per heavy atom. The van der Waals surface area contributed by atoms with Crippen LogP contribution in [0, 0.1) is 0 Å². The van der Waals surface area contributed by atoms with E-state index in [9.17, 15) is 14.7 Å². The highest BCUT2D eigenvalue weighted by Crippen LogP contribution is 2.30. The molecule has 36 heavy (non-hydrogen) atoms. The number of fused-ring (bicyclic) bond motifs is 1. The normalized spacial score (nSPS) is 11.2. The van der Waals surface area contributed by atoms with Crippen LogP contribution in [0.5, 0.6) is 0 Å². The summed E-state index contributed by atoms with van der Waals surface area (Å²) in [7, 11) is 0. The Morgan fingerprint density at radius 3 is 2.39 bits per heavy atom. The zero-order chi connectivity index (χ0) is 25.2. The molecule has 9 heteroatoms. The summed E-state index contributed by atoms with van der Waals surface area (Å²) >= 11 is 0. The third-order valence-electron chi connectivity index (χ3n) is 6.27. The molecule has 0 amide bonds. The molecule has 0 spiro atoms. The molecule has 0 fully saturated rings. The minimum absolute atomic E-state index is 0.236. The van der Waals surface area contributed by atoms with Crippen LogP contribution in [0.15, 0.2) is 65.5 Å². The van der Waals surface area contributed by atoms with Gasteiger partial charge in [-0.05, 0) is 46.9 Å². The summed E-state index contributed by atoms with van der Waals surface area (Å²) in [6.07, 6.45) is 1.35. The Morgan fingerprint density at radius 2 is 1.75 bits per heavy atom. The molecule has 180 valence electrons. The molecular weight excluding hydrogens is 456 g/mol. The highest BCUT2D eigenvalue weighted by Gasteiger charge is 2.18. The van der Waals surface area contributed by atoms with Gasteiger partial charge in [0.25, 0.3) is 5.56 Å². The summed E-state index contributed by atoms with van der Waals surface area (Å²) < 4.78 is 1.54. The maximum absolute atomic E-state index is 13.2. The van der Waals surface area contributed by atoms with E-state index in [-0.39, 0.29) is 12.1 Å². The minimum atomic E-state index is -1.24. The summed E-state index contributed by atoms with van der Waals surface area (Å²) in [5.74, 6) is -0.740. The van der Waals surface area contributed by atoms with Crippen LogP contribution in [-0.4, -0.2) is 41.3 Å². The molecular formula is C27H24N6O3. The van der Waals surface area contributed by atoms with Gasteiger partial charge in [-0.2, -0.15) is 5.21 Å². The van der Waals surface area contributed by atoms with E-state index in [4.69, 9.17) is 0 Å². The van der Waals surface area contributed by atoms with Gasteiger partial charge in [0.05, 0.1) is 12.1 Å². The molecule has 0 saturated carbocycles. The molecule has 5 aromatic rings. The van der Waals surface area contributed by atoms with Gasteiger partial charge in [0.15, 0.2) is 0 Å². The maximum Gasteiger partial charge on any atom is 0.341 e. The van der Waals surface area contributed by atoms with Crippen molar-refractivity contribution in [3.05, 3.63) is 93.5 Å². The van der Waals surface area contributed by atoms with E-state index in [1.165, 1.54) is 6.07 Å². The SMILES string of the molecule is CCc1cc2c(cc(C(=O)O)c(=O)n2Cc2ccc(-c3ccccc3-c3nn[nH]n3)cc2)c(CC)n1. The number of hydrogen-bond acceptors (Lipinski definition) is 6. The lowest BCUT2D eigenvalue weighted by Crippen LogP contribution is -2.27. The van der Waals surface area contributed by atoms with Gasteiger partial charge < -0.3 is 9.67 Å². The second-order valence-electron chi connectivity index (χ2n) is 8.43. The van der Waals surface area contributed by atoms with Gasteiger partial charge in [-0.3, -0.25) is 9.78 Å². The van der Waals surface area contributed by atoms with Crippen LogP contribution in [0.3, 0.4) is 0 Å². The molecule has 0 saturated heterocycles. The number of H-pyrrole nitrogens is 1. The minimum Gasteiger partial charge on any atom is -0.477 e. The van der Waals surface area contributed by atoms with Crippen molar-refractivity contribution in [1.82, 2.24) is 30.2 Å². The Hall–Kier alpha value is -4.66. The Balaban J connectivity index is 1.59. The summed E-state index contributed by atoms with van der Waals surface area (Å²) in [5, 5.41) is 24.7. The lowest BCUT2D eigenvalue weighted by Gasteiger charge is -2.15. The second-order valence-corrected chi connectivity index (χ2v) is 8.43. The van der Waals surface area contributed by atoms with Crippen LogP contribution in [0.1, 0.15) is 41.2 Å². The Kier molecular flexibility index (Phi) is 6.12. The van der Waals surface area contributed by atoms with Crippen molar-refractivity contribution in [2.75, 3.05) is 0 Å². The first kappa shape index (κ1) is 23.1. The number of carboxylic acids is 1. The number of aromatic carboxylic acids is 1. The number of benzene rings is 2. The smallest absolute Gasteiger partial charge is 0.341 e. The van der Waals surface area contributed by atoms with Crippen molar-refractivity contribution in [1.29, 1.82) is 0 Å². The number of pyridine rings is 2. The van der Waals surface area contributed by atoms with Crippen molar-refractivity contribution < 1.29 is 9.90 Å². The van der Waals surface area contributed by atoms with Crippen LogP contribution < -0.4 is 5.56 Å². The van der Waals surface area contributed by atoms with E-state index in [1.807, 2.05) is 68.4 Å². The highest BCUT2D eigenvalue weighted by molar-refractivity contribution is 5.93. The molecule has 2 N–H and O–H groups in total. The van der Waals surface area contributed by atoms with Crippen LogP contribution in [0.2, 0.25) is 0 Å². The molecule has 0 unspecified atom stereocenters. The Bertz CT molecular complexity index is 1620. The van der Waals surface area contributed by atoms with E-state index in [0.717, 1.165) is 33.6 Å². The maximum atomic E-state index is 13.2. The van der Waals surface area contributed by atoms with Crippen LogP contribution in [0.25, 0.3) is 33.4 Å². The van der Waals surface area contributed by atoms with Gasteiger partial charge in [0.2, 0.25) is 5.82 Å². The number of nitrogens with zero attached hydrogens (tertiary/aromatic N) is 5. The third kappa shape index (κ3) is 4.15. The first-order chi connectivity index (χ1) is 17.5. The number of hydrogen-bond donors (Lipinski definition) is 2. The van der Waals surface area contributed by atoms with Gasteiger partial charge in [0, 0.05) is 22.3 Å². The fourth-order valence-corrected chi connectivity index (χ4v) is 4.43. The number of aryl methyl sites for hydroxylation is 2. The number of aromatic amines is 1. The lowest BCUT2D eigenvalue weighted by molar-refractivity contribution is 0.0694.